The monoisotopic (exact) mass is 335 g/mol. The molecule has 128 valence electrons. The maximum atomic E-state index is 5.91. The maximum Gasteiger partial charge on any atom is 0.122 e. The lowest BCUT2D eigenvalue weighted by Crippen LogP contribution is -2.55. The molecule has 4 bridgehead atoms. The van der Waals surface area contributed by atoms with E-state index in [1.807, 2.05) is 7.11 Å². The largest absolute Gasteiger partial charge is 0.496 e. The van der Waals surface area contributed by atoms with Crippen LogP contribution in [-0.4, -0.2) is 13.7 Å². The SMILES string of the molecule is COc1ccccc1C1(CCCN)C2CC3CC(C2)CC1C3.Cl. The summed E-state index contributed by atoms with van der Waals surface area (Å²) in [4.78, 5) is 0. The fraction of sp³-hybridized carbons (Fsp3) is 0.700. The van der Waals surface area contributed by atoms with Crippen LogP contribution in [0.1, 0.15) is 50.5 Å². The molecular formula is C20H30ClNO. The molecule has 2 nitrogen and oxygen atoms in total. The van der Waals surface area contributed by atoms with Crippen molar-refractivity contribution < 1.29 is 4.74 Å². The van der Waals surface area contributed by atoms with Crippen molar-refractivity contribution in [3.63, 3.8) is 0 Å². The Morgan fingerprint density at radius 3 is 2.22 bits per heavy atom. The van der Waals surface area contributed by atoms with Crippen molar-refractivity contribution >= 4 is 12.4 Å². The van der Waals surface area contributed by atoms with E-state index in [0.717, 1.165) is 42.4 Å². The number of halogens is 1. The number of nitrogens with two attached hydrogens (primary N) is 1. The third-order valence-corrected chi connectivity index (χ3v) is 7.00. The standard InChI is InChI=1S/C20H29NO.ClH/c1-22-19-6-3-2-5-18(19)20(7-4-8-21)16-10-14-9-15(12-16)13-17(20)11-14;/h2-3,5-6,14-17H,4,7-13,21H2,1H3;1H. The average Bonchev–Trinajstić information content (AvgIpc) is 2.54. The van der Waals surface area contributed by atoms with Gasteiger partial charge in [0.1, 0.15) is 5.75 Å². The Morgan fingerprint density at radius 2 is 1.65 bits per heavy atom. The molecule has 0 atom stereocenters. The fourth-order valence-corrected chi connectivity index (χ4v) is 6.43. The number of benzene rings is 1. The van der Waals surface area contributed by atoms with Crippen LogP contribution >= 0.6 is 12.4 Å². The van der Waals surface area contributed by atoms with Crippen molar-refractivity contribution in [3.05, 3.63) is 29.8 Å². The lowest BCUT2D eigenvalue weighted by Gasteiger charge is -2.62. The van der Waals surface area contributed by atoms with Crippen LogP contribution in [0.25, 0.3) is 0 Å². The first-order valence-electron chi connectivity index (χ1n) is 9.11. The lowest BCUT2D eigenvalue weighted by atomic mass is 9.43. The number of para-hydroxylation sites is 1. The summed E-state index contributed by atoms with van der Waals surface area (Å²) in [5, 5.41) is 0. The Bertz CT molecular complexity index is 516. The molecule has 0 spiro atoms. The summed E-state index contributed by atoms with van der Waals surface area (Å²) in [6.45, 7) is 0.809. The summed E-state index contributed by atoms with van der Waals surface area (Å²) in [5.74, 6) is 4.82. The first kappa shape index (κ1) is 17.1. The van der Waals surface area contributed by atoms with Crippen LogP contribution in [0.5, 0.6) is 5.75 Å². The second-order valence-corrected chi connectivity index (χ2v) is 7.94. The minimum absolute atomic E-state index is 0. The highest BCUT2D eigenvalue weighted by molar-refractivity contribution is 5.85. The quantitative estimate of drug-likeness (QED) is 0.856. The van der Waals surface area contributed by atoms with E-state index in [2.05, 4.69) is 24.3 Å². The van der Waals surface area contributed by atoms with Crippen LogP contribution in [0.2, 0.25) is 0 Å². The molecule has 1 aromatic carbocycles. The Kier molecular flexibility index (Phi) is 4.94. The van der Waals surface area contributed by atoms with E-state index in [4.69, 9.17) is 10.5 Å². The summed E-state index contributed by atoms with van der Waals surface area (Å²) in [6, 6.07) is 8.81. The summed E-state index contributed by atoms with van der Waals surface area (Å²) < 4.78 is 5.78. The predicted octanol–water partition coefficient (Wildman–Crippen LogP) is 4.55. The first-order valence-corrected chi connectivity index (χ1v) is 9.11. The zero-order valence-corrected chi connectivity index (χ0v) is 15.0. The highest BCUT2D eigenvalue weighted by Gasteiger charge is 2.57. The smallest absolute Gasteiger partial charge is 0.122 e. The summed E-state index contributed by atoms with van der Waals surface area (Å²) in [7, 11) is 1.82. The highest BCUT2D eigenvalue weighted by atomic mass is 35.5. The Morgan fingerprint density at radius 1 is 1.04 bits per heavy atom. The molecular weight excluding hydrogens is 306 g/mol. The third kappa shape index (κ3) is 2.59. The lowest BCUT2D eigenvalue weighted by molar-refractivity contribution is -0.0663. The van der Waals surface area contributed by atoms with Gasteiger partial charge in [0.25, 0.3) is 0 Å². The molecule has 3 heteroatoms. The van der Waals surface area contributed by atoms with Crippen LogP contribution in [0.3, 0.4) is 0 Å². The zero-order chi connectivity index (χ0) is 15.2. The number of ether oxygens (including phenoxy) is 1. The van der Waals surface area contributed by atoms with Gasteiger partial charge in [0.05, 0.1) is 7.11 Å². The molecule has 0 amide bonds. The van der Waals surface area contributed by atoms with E-state index in [1.54, 1.807) is 0 Å². The van der Waals surface area contributed by atoms with Gasteiger partial charge in [0.2, 0.25) is 0 Å². The summed E-state index contributed by atoms with van der Waals surface area (Å²) in [5.41, 5.74) is 7.73. The molecule has 23 heavy (non-hydrogen) atoms. The van der Waals surface area contributed by atoms with Gasteiger partial charge in [-0.2, -0.15) is 0 Å². The number of hydrogen-bond donors (Lipinski definition) is 1. The number of rotatable bonds is 5. The van der Waals surface area contributed by atoms with Gasteiger partial charge in [-0.3, -0.25) is 0 Å². The highest BCUT2D eigenvalue weighted by Crippen LogP contribution is 2.65. The molecule has 0 aliphatic heterocycles. The summed E-state index contributed by atoms with van der Waals surface area (Å²) >= 11 is 0. The second kappa shape index (κ2) is 6.64. The molecule has 0 heterocycles. The molecule has 0 aromatic heterocycles. The van der Waals surface area contributed by atoms with E-state index in [-0.39, 0.29) is 12.4 Å². The predicted molar refractivity (Wildman–Crippen MR) is 97.3 cm³/mol. The second-order valence-electron chi connectivity index (χ2n) is 7.94. The van der Waals surface area contributed by atoms with Crippen molar-refractivity contribution in [1.82, 2.24) is 0 Å². The molecule has 0 saturated heterocycles. The van der Waals surface area contributed by atoms with Gasteiger partial charge in [0.15, 0.2) is 0 Å². The normalized spacial score (nSPS) is 37.5. The van der Waals surface area contributed by atoms with Crippen molar-refractivity contribution in [2.75, 3.05) is 13.7 Å². The van der Waals surface area contributed by atoms with Crippen LogP contribution in [0, 0.1) is 23.7 Å². The van der Waals surface area contributed by atoms with Crippen molar-refractivity contribution in [2.45, 2.75) is 50.4 Å². The zero-order valence-electron chi connectivity index (χ0n) is 14.2. The number of hydrogen-bond acceptors (Lipinski definition) is 2. The van der Waals surface area contributed by atoms with E-state index >= 15 is 0 Å². The Hall–Kier alpha value is -0.730. The van der Waals surface area contributed by atoms with Gasteiger partial charge in [-0.1, -0.05) is 18.2 Å². The van der Waals surface area contributed by atoms with Crippen molar-refractivity contribution in [2.24, 2.45) is 29.4 Å². The molecule has 5 rings (SSSR count). The van der Waals surface area contributed by atoms with Crippen LogP contribution in [-0.2, 0) is 5.41 Å². The van der Waals surface area contributed by atoms with Crippen LogP contribution in [0.4, 0.5) is 0 Å². The first-order chi connectivity index (χ1) is 10.8. The van der Waals surface area contributed by atoms with E-state index in [0.29, 0.717) is 5.41 Å². The molecule has 4 saturated carbocycles. The van der Waals surface area contributed by atoms with E-state index in [1.165, 1.54) is 44.1 Å². The average molecular weight is 336 g/mol. The van der Waals surface area contributed by atoms with Gasteiger partial charge >= 0.3 is 0 Å². The van der Waals surface area contributed by atoms with E-state index in [9.17, 15) is 0 Å². The third-order valence-electron chi connectivity index (χ3n) is 7.00. The molecule has 4 fully saturated rings. The molecule has 4 aliphatic carbocycles. The topological polar surface area (TPSA) is 35.2 Å². The summed E-state index contributed by atoms with van der Waals surface area (Å²) in [6.07, 6.45) is 9.65. The molecule has 0 radical (unpaired) electrons. The van der Waals surface area contributed by atoms with Gasteiger partial charge in [0, 0.05) is 11.0 Å². The molecule has 0 unspecified atom stereocenters. The molecule has 1 aromatic rings. The van der Waals surface area contributed by atoms with Gasteiger partial charge in [-0.15, -0.1) is 12.4 Å². The minimum Gasteiger partial charge on any atom is -0.496 e. The Labute approximate surface area is 146 Å². The van der Waals surface area contributed by atoms with Crippen LogP contribution in [0.15, 0.2) is 24.3 Å². The minimum atomic E-state index is 0. The Balaban J connectivity index is 0.00000156. The van der Waals surface area contributed by atoms with Crippen LogP contribution < -0.4 is 10.5 Å². The maximum absolute atomic E-state index is 5.91. The van der Waals surface area contributed by atoms with Gasteiger partial charge < -0.3 is 10.5 Å². The van der Waals surface area contributed by atoms with Crippen molar-refractivity contribution in [1.29, 1.82) is 0 Å². The molecule has 4 aliphatic rings. The fourth-order valence-electron chi connectivity index (χ4n) is 6.43. The molecule has 2 N–H and O–H groups in total. The van der Waals surface area contributed by atoms with Crippen molar-refractivity contribution in [3.8, 4) is 5.75 Å². The number of methoxy groups -OCH3 is 1. The van der Waals surface area contributed by atoms with Gasteiger partial charge in [-0.25, -0.2) is 0 Å². The van der Waals surface area contributed by atoms with Gasteiger partial charge in [-0.05, 0) is 81.2 Å². The van der Waals surface area contributed by atoms with E-state index < -0.39 is 0 Å².